The highest BCUT2D eigenvalue weighted by Crippen LogP contribution is 2.54. The molecular weight excluding hydrogens is 515 g/mol. The summed E-state index contributed by atoms with van der Waals surface area (Å²) in [6.45, 7) is 0.0823. The molecule has 4 aliphatic rings. The number of fused-ring (bicyclic) bond motifs is 6. The Morgan fingerprint density at radius 3 is 2.41 bits per heavy atom. The Hall–Kier alpha value is -3.81. The van der Waals surface area contributed by atoms with Crippen LogP contribution >= 0.6 is 23.2 Å². The van der Waals surface area contributed by atoms with Crippen molar-refractivity contribution in [2.45, 2.75) is 12.1 Å². The van der Waals surface area contributed by atoms with E-state index in [0.29, 0.717) is 32.8 Å². The van der Waals surface area contributed by atoms with Crippen molar-refractivity contribution >= 4 is 52.6 Å². The van der Waals surface area contributed by atoms with Crippen LogP contribution in [0.25, 0.3) is 6.08 Å². The van der Waals surface area contributed by atoms with Crippen LogP contribution in [-0.2, 0) is 9.59 Å². The monoisotopic (exact) mass is 532 g/mol. The molecule has 0 spiro atoms. The molecule has 184 valence electrons. The van der Waals surface area contributed by atoms with Crippen molar-refractivity contribution in [3.05, 3.63) is 93.6 Å². The Morgan fingerprint density at radius 1 is 0.865 bits per heavy atom. The SMILES string of the molecule is O=C(c1ccc2c(c1)OCO2)[C@@H]1[C@@H]2C(=O)N(c3cc(Cl)cc(Cl)c3)C(=O)[C@H]2[C@H]2c3ccccc3C=CN12. The largest absolute Gasteiger partial charge is 0.454 e. The average Bonchev–Trinajstić information content (AvgIpc) is 3.55. The lowest BCUT2D eigenvalue weighted by molar-refractivity contribution is -0.123. The molecular formula is C28H18Cl2N2O5. The van der Waals surface area contributed by atoms with E-state index in [9.17, 15) is 14.4 Å². The van der Waals surface area contributed by atoms with E-state index in [0.717, 1.165) is 16.0 Å². The molecule has 0 aromatic heterocycles. The molecule has 4 atom stereocenters. The zero-order valence-electron chi connectivity index (χ0n) is 19.1. The predicted molar refractivity (Wildman–Crippen MR) is 137 cm³/mol. The first-order valence-electron chi connectivity index (χ1n) is 11.7. The molecule has 4 aliphatic heterocycles. The Bertz CT molecular complexity index is 1530. The van der Waals surface area contributed by atoms with Gasteiger partial charge in [-0.25, -0.2) is 4.90 Å². The van der Waals surface area contributed by atoms with Crippen molar-refractivity contribution in [3.63, 3.8) is 0 Å². The van der Waals surface area contributed by atoms with Crippen molar-refractivity contribution in [2.75, 3.05) is 11.7 Å². The maximum Gasteiger partial charge on any atom is 0.240 e. The predicted octanol–water partition coefficient (Wildman–Crippen LogP) is 5.12. The highest BCUT2D eigenvalue weighted by atomic mass is 35.5. The number of rotatable bonds is 3. The number of carbonyl (C=O) groups is 3. The number of nitrogens with zero attached hydrogens (tertiary/aromatic N) is 2. The second-order valence-electron chi connectivity index (χ2n) is 9.40. The van der Waals surface area contributed by atoms with E-state index in [-0.39, 0.29) is 18.5 Å². The first-order valence-corrected chi connectivity index (χ1v) is 12.5. The number of ketones is 1. The lowest BCUT2D eigenvalue weighted by atomic mass is 9.83. The highest BCUT2D eigenvalue weighted by molar-refractivity contribution is 6.36. The molecule has 37 heavy (non-hydrogen) atoms. The summed E-state index contributed by atoms with van der Waals surface area (Å²) in [6, 6.07) is 15.9. The summed E-state index contributed by atoms with van der Waals surface area (Å²) in [7, 11) is 0. The normalized spacial score (nSPS) is 24.8. The molecule has 0 radical (unpaired) electrons. The van der Waals surface area contributed by atoms with E-state index in [4.69, 9.17) is 32.7 Å². The van der Waals surface area contributed by atoms with Crippen molar-refractivity contribution in [3.8, 4) is 11.5 Å². The summed E-state index contributed by atoms with van der Waals surface area (Å²) in [4.78, 5) is 45.0. The fourth-order valence-corrected chi connectivity index (χ4v) is 6.52. The van der Waals surface area contributed by atoms with E-state index >= 15 is 0 Å². The number of hydrogen-bond donors (Lipinski definition) is 0. The van der Waals surface area contributed by atoms with Gasteiger partial charge in [0.1, 0.15) is 6.04 Å². The van der Waals surface area contributed by atoms with E-state index in [1.807, 2.05) is 41.4 Å². The van der Waals surface area contributed by atoms with Crippen LogP contribution in [0.5, 0.6) is 11.5 Å². The van der Waals surface area contributed by atoms with Crippen LogP contribution in [0.4, 0.5) is 5.69 Å². The van der Waals surface area contributed by atoms with Gasteiger partial charge in [0.05, 0.1) is 23.6 Å². The van der Waals surface area contributed by atoms with Crippen LogP contribution in [0.1, 0.15) is 27.5 Å². The van der Waals surface area contributed by atoms with Crippen LogP contribution < -0.4 is 14.4 Å². The van der Waals surface area contributed by atoms with E-state index in [1.54, 1.807) is 18.2 Å². The second-order valence-corrected chi connectivity index (χ2v) is 10.3. The molecule has 9 heteroatoms. The zero-order valence-corrected chi connectivity index (χ0v) is 20.6. The van der Waals surface area contributed by atoms with Crippen molar-refractivity contribution in [2.24, 2.45) is 11.8 Å². The summed E-state index contributed by atoms with van der Waals surface area (Å²) in [5, 5.41) is 0.612. The van der Waals surface area contributed by atoms with Crippen molar-refractivity contribution in [1.82, 2.24) is 4.90 Å². The molecule has 0 saturated carbocycles. The topological polar surface area (TPSA) is 76.1 Å². The van der Waals surface area contributed by atoms with Crippen molar-refractivity contribution < 1.29 is 23.9 Å². The first-order chi connectivity index (χ1) is 17.9. The summed E-state index contributed by atoms with van der Waals surface area (Å²) in [5.41, 5.74) is 2.52. The standard InChI is InChI=1S/C28H18Cl2N2O5/c29-16-10-17(30)12-18(11-16)32-27(34)22-23(28(32)35)25(26(33)15-5-6-20-21(9-15)37-13-36-20)31-8-7-14-3-1-2-4-19(14)24(22)31/h1-12,22-25H,13H2/t22-,23-,24-,25+/m1/s1. The number of imide groups is 1. The Kier molecular flexibility index (Phi) is 4.90. The zero-order chi connectivity index (χ0) is 25.4. The molecule has 3 aromatic rings. The minimum absolute atomic E-state index is 0.0823. The molecule has 3 aromatic carbocycles. The minimum Gasteiger partial charge on any atom is -0.454 e. The fraction of sp³-hybridized carbons (Fsp3) is 0.179. The minimum atomic E-state index is -0.899. The molecule has 2 fully saturated rings. The fourth-order valence-electron chi connectivity index (χ4n) is 6.00. The number of Topliss-reactive ketones (excluding diaryl/α,β-unsaturated/α-hetero) is 1. The number of carbonyl (C=O) groups excluding carboxylic acids is 3. The van der Waals surface area contributed by atoms with E-state index in [2.05, 4.69) is 0 Å². The van der Waals surface area contributed by atoms with Gasteiger partial charge >= 0.3 is 0 Å². The number of amides is 2. The Morgan fingerprint density at radius 2 is 1.59 bits per heavy atom. The molecule has 0 bridgehead atoms. The first kappa shape index (κ1) is 22.4. The van der Waals surface area contributed by atoms with Crippen LogP contribution in [0.2, 0.25) is 10.0 Å². The molecule has 2 saturated heterocycles. The van der Waals surface area contributed by atoms with Gasteiger partial charge in [0.2, 0.25) is 18.6 Å². The van der Waals surface area contributed by atoms with Crippen LogP contribution in [0.3, 0.4) is 0 Å². The lowest BCUT2D eigenvalue weighted by Crippen LogP contribution is -2.44. The quantitative estimate of drug-likeness (QED) is 0.344. The maximum atomic E-state index is 14.1. The molecule has 0 N–H and O–H groups in total. The highest BCUT2D eigenvalue weighted by Gasteiger charge is 2.64. The number of hydrogen-bond acceptors (Lipinski definition) is 6. The number of halogens is 2. The van der Waals surface area contributed by atoms with Gasteiger partial charge < -0.3 is 14.4 Å². The van der Waals surface area contributed by atoms with Crippen LogP contribution in [0, 0.1) is 11.8 Å². The van der Waals surface area contributed by atoms with E-state index < -0.39 is 29.8 Å². The third-order valence-electron chi connectivity index (χ3n) is 7.49. The molecule has 7 nitrogen and oxygen atoms in total. The second kappa shape index (κ2) is 8.10. The summed E-state index contributed by atoms with van der Waals surface area (Å²) in [6.07, 6.45) is 3.73. The molecule has 0 aliphatic carbocycles. The number of benzene rings is 3. The maximum absolute atomic E-state index is 14.1. The average molecular weight is 533 g/mol. The van der Waals surface area contributed by atoms with Crippen LogP contribution in [-0.4, -0.2) is 35.3 Å². The van der Waals surface area contributed by atoms with E-state index in [1.165, 1.54) is 18.2 Å². The van der Waals surface area contributed by atoms with Gasteiger partial charge in [-0.05, 0) is 53.6 Å². The van der Waals surface area contributed by atoms with Gasteiger partial charge in [0.15, 0.2) is 17.3 Å². The molecule has 4 heterocycles. The van der Waals surface area contributed by atoms with Crippen LogP contribution in [0.15, 0.2) is 66.9 Å². The number of anilines is 1. The van der Waals surface area contributed by atoms with Crippen molar-refractivity contribution in [1.29, 1.82) is 0 Å². The van der Waals surface area contributed by atoms with Gasteiger partial charge in [0.25, 0.3) is 0 Å². The van der Waals surface area contributed by atoms with Gasteiger partial charge in [0, 0.05) is 21.8 Å². The van der Waals surface area contributed by atoms with Gasteiger partial charge in [-0.15, -0.1) is 0 Å². The third-order valence-corrected chi connectivity index (χ3v) is 7.93. The van der Waals surface area contributed by atoms with Gasteiger partial charge in [-0.1, -0.05) is 47.5 Å². The summed E-state index contributed by atoms with van der Waals surface area (Å²) in [5.74, 6) is -1.74. The smallest absolute Gasteiger partial charge is 0.240 e. The summed E-state index contributed by atoms with van der Waals surface area (Å²) >= 11 is 12.4. The third kappa shape index (κ3) is 3.24. The van der Waals surface area contributed by atoms with Gasteiger partial charge in [-0.2, -0.15) is 0 Å². The molecule has 2 amide bonds. The Labute approximate surface area is 221 Å². The lowest BCUT2D eigenvalue weighted by Gasteiger charge is -2.35. The Balaban J connectivity index is 1.37. The molecule has 0 unspecified atom stereocenters. The number of ether oxygens (including phenoxy) is 2. The molecule has 7 rings (SSSR count). The summed E-state index contributed by atoms with van der Waals surface area (Å²) < 4.78 is 10.9. The van der Waals surface area contributed by atoms with Gasteiger partial charge in [-0.3, -0.25) is 14.4 Å².